The summed E-state index contributed by atoms with van der Waals surface area (Å²) in [6.07, 6.45) is -2.87. The number of benzene rings is 3. The molecule has 8 heteroatoms. The summed E-state index contributed by atoms with van der Waals surface area (Å²) in [6.45, 7) is 1.96. The summed E-state index contributed by atoms with van der Waals surface area (Å²) in [5.41, 5.74) is -3.17. The molecule has 1 saturated carbocycles. The van der Waals surface area contributed by atoms with E-state index in [1.807, 2.05) is 12.8 Å². The van der Waals surface area contributed by atoms with E-state index in [9.17, 15) is 26.7 Å². The topological polar surface area (TPSA) is 57.6 Å². The third-order valence-corrected chi connectivity index (χ3v) is 7.97. The van der Waals surface area contributed by atoms with Crippen molar-refractivity contribution >= 4 is 15.7 Å². The van der Waals surface area contributed by atoms with Gasteiger partial charge in [0.05, 0.1) is 10.6 Å². The van der Waals surface area contributed by atoms with Crippen LogP contribution < -0.4 is 4.31 Å². The van der Waals surface area contributed by atoms with Gasteiger partial charge >= 0.3 is 6.18 Å². The lowest BCUT2D eigenvalue weighted by Gasteiger charge is -2.32. The summed E-state index contributed by atoms with van der Waals surface area (Å²) in [5, 5.41) is 11.1. The molecule has 1 aliphatic carbocycles. The van der Waals surface area contributed by atoms with E-state index in [0.29, 0.717) is 5.56 Å². The molecule has 1 N–H and O–H groups in total. The molecule has 0 spiro atoms. The van der Waals surface area contributed by atoms with Crippen molar-refractivity contribution in [3.8, 4) is 11.8 Å². The van der Waals surface area contributed by atoms with Gasteiger partial charge in [-0.2, -0.15) is 13.2 Å². The molecular formula is C28H26F3NO3S. The highest BCUT2D eigenvalue weighted by Crippen LogP contribution is 2.44. The van der Waals surface area contributed by atoms with Gasteiger partial charge in [0.15, 0.2) is 0 Å². The van der Waals surface area contributed by atoms with Crippen LogP contribution in [0.5, 0.6) is 0 Å². The number of aliphatic hydroxyl groups is 1. The highest BCUT2D eigenvalue weighted by Gasteiger charge is 2.56. The highest BCUT2D eigenvalue weighted by molar-refractivity contribution is 7.92. The number of aryl methyl sites for hydroxylation is 1. The molecule has 36 heavy (non-hydrogen) atoms. The SMILES string of the molecule is CCc1ccc(C#CC(O)(c2ccccc2N(CC2CC2)S(=O)(=O)c2ccccc2)C(F)(F)F)cc1. The third-order valence-electron chi connectivity index (χ3n) is 6.17. The van der Waals surface area contributed by atoms with Crippen LogP contribution in [0.25, 0.3) is 0 Å². The second-order valence-corrected chi connectivity index (χ2v) is 10.7. The molecule has 0 heterocycles. The Balaban J connectivity index is 1.86. The van der Waals surface area contributed by atoms with Gasteiger partial charge in [-0.3, -0.25) is 4.31 Å². The molecule has 4 rings (SSSR count). The van der Waals surface area contributed by atoms with E-state index < -0.39 is 27.4 Å². The Morgan fingerprint density at radius 3 is 2.14 bits per heavy atom. The number of halogens is 3. The molecular weight excluding hydrogens is 487 g/mol. The minimum Gasteiger partial charge on any atom is -0.366 e. The summed E-state index contributed by atoms with van der Waals surface area (Å²) >= 11 is 0. The average molecular weight is 514 g/mol. The van der Waals surface area contributed by atoms with Gasteiger partial charge in [-0.1, -0.05) is 61.4 Å². The second kappa shape index (κ2) is 10.00. The van der Waals surface area contributed by atoms with Crippen LogP contribution in [-0.2, 0) is 22.0 Å². The first-order valence-corrected chi connectivity index (χ1v) is 13.1. The van der Waals surface area contributed by atoms with Crippen LogP contribution in [0.1, 0.15) is 36.5 Å². The lowest BCUT2D eigenvalue weighted by molar-refractivity contribution is -0.240. The van der Waals surface area contributed by atoms with Crippen LogP contribution in [0.15, 0.2) is 83.8 Å². The molecule has 3 aromatic rings. The smallest absolute Gasteiger partial charge is 0.366 e. The second-order valence-electron chi connectivity index (χ2n) is 8.82. The Morgan fingerprint density at radius 1 is 0.944 bits per heavy atom. The Hall–Kier alpha value is -3.28. The number of hydrogen-bond acceptors (Lipinski definition) is 3. The van der Waals surface area contributed by atoms with Gasteiger partial charge in [-0.05, 0) is 67.0 Å². The zero-order chi connectivity index (χ0) is 26.0. The fourth-order valence-electron chi connectivity index (χ4n) is 3.85. The number of nitrogens with zero attached hydrogens (tertiary/aromatic N) is 1. The molecule has 3 aromatic carbocycles. The summed E-state index contributed by atoms with van der Waals surface area (Å²) in [5.74, 6) is 4.49. The molecule has 1 unspecified atom stereocenters. The number of anilines is 1. The number of sulfonamides is 1. The van der Waals surface area contributed by atoms with Crippen LogP contribution in [-0.4, -0.2) is 26.2 Å². The molecule has 0 bridgehead atoms. The molecule has 4 nitrogen and oxygen atoms in total. The molecule has 0 radical (unpaired) electrons. The summed E-state index contributed by atoms with van der Waals surface area (Å²) in [6, 6.07) is 19.4. The normalized spacial score (nSPS) is 15.5. The first-order chi connectivity index (χ1) is 17.1. The Kier molecular flexibility index (Phi) is 7.17. The predicted octanol–water partition coefficient (Wildman–Crippen LogP) is 5.66. The van der Waals surface area contributed by atoms with E-state index in [2.05, 4.69) is 5.92 Å². The van der Waals surface area contributed by atoms with Crippen molar-refractivity contribution in [2.24, 2.45) is 5.92 Å². The highest BCUT2D eigenvalue weighted by atomic mass is 32.2. The van der Waals surface area contributed by atoms with E-state index >= 15 is 0 Å². The van der Waals surface area contributed by atoms with Crippen molar-refractivity contribution in [1.82, 2.24) is 0 Å². The van der Waals surface area contributed by atoms with Crippen LogP contribution in [0.4, 0.5) is 18.9 Å². The average Bonchev–Trinajstić information content (AvgIpc) is 3.70. The monoisotopic (exact) mass is 513 g/mol. The maximum Gasteiger partial charge on any atom is 0.433 e. The molecule has 188 valence electrons. The van der Waals surface area contributed by atoms with E-state index in [1.165, 1.54) is 30.3 Å². The van der Waals surface area contributed by atoms with Gasteiger partial charge in [-0.15, -0.1) is 0 Å². The van der Waals surface area contributed by atoms with E-state index in [1.54, 1.807) is 42.5 Å². The largest absolute Gasteiger partial charge is 0.433 e. The Bertz CT molecular complexity index is 1370. The molecule has 0 amide bonds. The van der Waals surface area contributed by atoms with Crippen molar-refractivity contribution < 1.29 is 26.7 Å². The van der Waals surface area contributed by atoms with Crippen LogP contribution in [0.2, 0.25) is 0 Å². The minimum absolute atomic E-state index is 0.00802. The van der Waals surface area contributed by atoms with Gasteiger partial charge in [0.25, 0.3) is 15.6 Å². The van der Waals surface area contributed by atoms with Crippen molar-refractivity contribution in [3.05, 3.63) is 95.6 Å². The quantitative estimate of drug-likeness (QED) is 0.415. The zero-order valence-corrected chi connectivity index (χ0v) is 20.5. The van der Waals surface area contributed by atoms with Crippen molar-refractivity contribution in [2.45, 2.75) is 42.9 Å². The maximum atomic E-state index is 14.4. The standard InChI is InChI=1S/C28H26F3NO3S/c1-2-21-12-14-22(15-13-21)18-19-27(33,28(29,30)31)25-10-6-7-11-26(25)32(20-23-16-17-23)36(34,35)24-8-4-3-5-9-24/h3-15,23,33H,2,16-17,20H2,1H3. The van der Waals surface area contributed by atoms with Gasteiger partial charge < -0.3 is 5.11 Å². The van der Waals surface area contributed by atoms with Crippen molar-refractivity contribution in [1.29, 1.82) is 0 Å². The zero-order valence-electron chi connectivity index (χ0n) is 19.7. The van der Waals surface area contributed by atoms with Crippen LogP contribution in [0, 0.1) is 17.8 Å². The first-order valence-electron chi connectivity index (χ1n) is 11.6. The van der Waals surface area contributed by atoms with E-state index in [4.69, 9.17) is 0 Å². The molecule has 1 fully saturated rings. The predicted molar refractivity (Wildman–Crippen MR) is 133 cm³/mol. The number of hydrogen-bond donors (Lipinski definition) is 1. The van der Waals surface area contributed by atoms with Gasteiger partial charge in [0.1, 0.15) is 0 Å². The van der Waals surface area contributed by atoms with Gasteiger partial charge in [0, 0.05) is 17.7 Å². The number of para-hydroxylation sites is 1. The summed E-state index contributed by atoms with van der Waals surface area (Å²) in [7, 11) is -4.21. The molecule has 1 atom stereocenters. The maximum absolute atomic E-state index is 14.4. The lowest BCUT2D eigenvalue weighted by Crippen LogP contribution is -2.43. The van der Waals surface area contributed by atoms with Crippen molar-refractivity contribution in [3.63, 3.8) is 0 Å². The fraction of sp³-hybridized carbons (Fsp3) is 0.286. The molecule has 1 aliphatic rings. The number of alkyl halides is 3. The van der Waals surface area contributed by atoms with E-state index in [0.717, 1.165) is 35.2 Å². The molecule has 0 saturated heterocycles. The minimum atomic E-state index is -5.19. The molecule has 0 aromatic heterocycles. The van der Waals surface area contributed by atoms with Gasteiger partial charge in [-0.25, -0.2) is 8.42 Å². The van der Waals surface area contributed by atoms with Crippen LogP contribution >= 0.6 is 0 Å². The summed E-state index contributed by atoms with van der Waals surface area (Å²) < 4.78 is 71.4. The molecule has 0 aliphatic heterocycles. The Labute approximate surface area is 209 Å². The van der Waals surface area contributed by atoms with Gasteiger partial charge in [0.2, 0.25) is 0 Å². The number of rotatable bonds is 7. The summed E-state index contributed by atoms with van der Waals surface area (Å²) in [4.78, 5) is -0.0434. The first kappa shape index (κ1) is 25.8. The Morgan fingerprint density at radius 2 is 1.56 bits per heavy atom. The van der Waals surface area contributed by atoms with Crippen LogP contribution in [0.3, 0.4) is 0 Å². The fourth-order valence-corrected chi connectivity index (χ4v) is 5.44. The third kappa shape index (κ3) is 5.28. The van der Waals surface area contributed by atoms with Crippen molar-refractivity contribution in [2.75, 3.05) is 10.8 Å². The lowest BCUT2D eigenvalue weighted by atomic mass is 9.91. The van der Waals surface area contributed by atoms with E-state index in [-0.39, 0.29) is 23.0 Å².